The summed E-state index contributed by atoms with van der Waals surface area (Å²) in [6, 6.07) is 9.80. The highest BCUT2D eigenvalue weighted by molar-refractivity contribution is 7.99. The number of fused-ring (bicyclic) bond motifs is 1. The van der Waals surface area contributed by atoms with Gasteiger partial charge in [0.2, 0.25) is 0 Å². The van der Waals surface area contributed by atoms with Crippen molar-refractivity contribution in [1.82, 2.24) is 9.97 Å². The van der Waals surface area contributed by atoms with Crippen molar-refractivity contribution in [3.8, 4) is 0 Å². The largest absolute Gasteiger partial charge is 0.343 e. The van der Waals surface area contributed by atoms with Gasteiger partial charge in [0.15, 0.2) is 10.9 Å². The number of thioether (sulfide) groups is 1. The van der Waals surface area contributed by atoms with Crippen molar-refractivity contribution in [3.63, 3.8) is 0 Å². The van der Waals surface area contributed by atoms with E-state index in [1.807, 2.05) is 30.3 Å². The molecule has 0 saturated heterocycles. The van der Waals surface area contributed by atoms with Gasteiger partial charge in [-0.3, -0.25) is 9.59 Å². The zero-order chi connectivity index (χ0) is 19.9. The van der Waals surface area contributed by atoms with Crippen LogP contribution in [-0.2, 0) is 4.79 Å². The van der Waals surface area contributed by atoms with Gasteiger partial charge in [-0.2, -0.15) is 0 Å². The molecule has 1 aromatic heterocycles. The molecule has 1 aliphatic carbocycles. The Kier molecular flexibility index (Phi) is 4.91. The van der Waals surface area contributed by atoms with Gasteiger partial charge < -0.3 is 10.3 Å². The van der Waals surface area contributed by atoms with Gasteiger partial charge in [0.25, 0.3) is 5.56 Å². The average Bonchev–Trinajstić information content (AvgIpc) is 2.64. The molecule has 1 aromatic carbocycles. The molecule has 0 saturated carbocycles. The second kappa shape index (κ2) is 7.24. The van der Waals surface area contributed by atoms with Crippen molar-refractivity contribution in [2.75, 3.05) is 11.1 Å². The number of aromatic nitrogens is 2. The summed E-state index contributed by atoms with van der Waals surface area (Å²) in [6.45, 7) is 6.31. The molecule has 28 heavy (non-hydrogen) atoms. The van der Waals surface area contributed by atoms with Crippen LogP contribution in [0.3, 0.4) is 0 Å². The molecular weight excluding hydrogens is 370 g/mol. The van der Waals surface area contributed by atoms with E-state index < -0.39 is 0 Å². The molecule has 2 aliphatic rings. The van der Waals surface area contributed by atoms with Crippen LogP contribution in [0.4, 0.5) is 5.82 Å². The molecule has 146 valence electrons. The average molecular weight is 396 g/mol. The minimum Gasteiger partial charge on any atom is -0.343 e. The molecular formula is C22H25N3O2S. The zero-order valence-corrected chi connectivity index (χ0v) is 17.3. The van der Waals surface area contributed by atoms with Crippen LogP contribution >= 0.6 is 11.8 Å². The Morgan fingerprint density at radius 2 is 1.93 bits per heavy atom. The van der Waals surface area contributed by atoms with Crippen molar-refractivity contribution in [2.24, 2.45) is 5.41 Å². The number of aromatic amines is 1. The predicted molar refractivity (Wildman–Crippen MR) is 113 cm³/mol. The summed E-state index contributed by atoms with van der Waals surface area (Å²) >= 11 is 1.54. The van der Waals surface area contributed by atoms with Gasteiger partial charge >= 0.3 is 0 Å². The summed E-state index contributed by atoms with van der Waals surface area (Å²) in [5, 5.41) is 3.98. The lowest BCUT2D eigenvalue weighted by molar-refractivity contribution is -0.118. The van der Waals surface area contributed by atoms with E-state index in [1.165, 1.54) is 0 Å². The van der Waals surface area contributed by atoms with E-state index in [9.17, 15) is 9.59 Å². The van der Waals surface area contributed by atoms with Crippen molar-refractivity contribution < 1.29 is 4.79 Å². The van der Waals surface area contributed by atoms with Crippen LogP contribution in [0.1, 0.15) is 57.1 Å². The van der Waals surface area contributed by atoms with Crippen molar-refractivity contribution in [2.45, 2.75) is 51.1 Å². The summed E-state index contributed by atoms with van der Waals surface area (Å²) in [5.74, 6) is 1.21. The van der Waals surface area contributed by atoms with Gasteiger partial charge in [0.05, 0.1) is 5.56 Å². The molecule has 0 radical (unpaired) electrons. The molecule has 0 fully saturated rings. The number of allylic oxidation sites excluding steroid dienone is 2. The lowest BCUT2D eigenvalue weighted by Crippen LogP contribution is -2.37. The molecule has 2 heterocycles. The van der Waals surface area contributed by atoms with Gasteiger partial charge in [-0.15, -0.1) is 0 Å². The van der Waals surface area contributed by atoms with Gasteiger partial charge in [0, 0.05) is 29.4 Å². The van der Waals surface area contributed by atoms with Gasteiger partial charge in [0.1, 0.15) is 5.82 Å². The molecule has 0 spiro atoms. The monoisotopic (exact) mass is 395 g/mol. The third kappa shape index (κ3) is 3.41. The zero-order valence-electron chi connectivity index (χ0n) is 16.5. The maximum Gasteiger partial charge on any atom is 0.257 e. The van der Waals surface area contributed by atoms with Gasteiger partial charge in [-0.05, 0) is 23.8 Å². The van der Waals surface area contributed by atoms with Crippen LogP contribution in [0.5, 0.6) is 0 Å². The normalized spacial score (nSPS) is 20.4. The quantitative estimate of drug-likeness (QED) is 0.590. The van der Waals surface area contributed by atoms with E-state index in [4.69, 9.17) is 4.98 Å². The Morgan fingerprint density at radius 1 is 1.18 bits per heavy atom. The maximum atomic E-state index is 13.1. The molecule has 5 nitrogen and oxygen atoms in total. The highest BCUT2D eigenvalue weighted by atomic mass is 32.2. The molecule has 6 heteroatoms. The second-order valence-electron chi connectivity index (χ2n) is 8.28. The van der Waals surface area contributed by atoms with Crippen LogP contribution in [0.15, 0.2) is 51.6 Å². The number of rotatable bonds is 4. The smallest absolute Gasteiger partial charge is 0.257 e. The fourth-order valence-electron chi connectivity index (χ4n) is 4.14. The fraction of sp³-hybridized carbons (Fsp3) is 0.409. The van der Waals surface area contributed by atoms with Crippen LogP contribution in [0.2, 0.25) is 0 Å². The molecule has 1 atom stereocenters. The SMILES string of the molecule is CCCSc1nc2c(c(=O)[nH]1)[C@@H](c1ccccc1)C1=C(CC(C)(C)CC1=O)N2. The Labute approximate surface area is 169 Å². The number of H-pyrrole nitrogens is 1. The van der Waals surface area contributed by atoms with E-state index in [-0.39, 0.29) is 22.7 Å². The Morgan fingerprint density at radius 3 is 2.64 bits per heavy atom. The van der Waals surface area contributed by atoms with Crippen molar-refractivity contribution in [3.05, 3.63) is 63.1 Å². The summed E-state index contributed by atoms with van der Waals surface area (Å²) in [4.78, 5) is 33.8. The highest BCUT2D eigenvalue weighted by Gasteiger charge is 2.42. The minimum absolute atomic E-state index is 0.108. The lowest BCUT2D eigenvalue weighted by atomic mass is 9.69. The van der Waals surface area contributed by atoms with Gasteiger partial charge in [-0.1, -0.05) is 62.9 Å². The molecule has 0 amide bonds. The van der Waals surface area contributed by atoms with Crippen molar-refractivity contribution >= 4 is 23.4 Å². The number of nitrogens with zero attached hydrogens (tertiary/aromatic N) is 1. The third-order valence-electron chi connectivity index (χ3n) is 5.28. The molecule has 0 bridgehead atoms. The summed E-state index contributed by atoms with van der Waals surface area (Å²) in [5.41, 5.74) is 2.84. The summed E-state index contributed by atoms with van der Waals surface area (Å²) < 4.78 is 0. The molecule has 2 N–H and O–H groups in total. The van der Waals surface area contributed by atoms with E-state index in [1.54, 1.807) is 11.8 Å². The molecule has 1 aliphatic heterocycles. The lowest BCUT2D eigenvalue weighted by Gasteiger charge is -2.38. The Bertz CT molecular complexity index is 1010. The first-order valence-electron chi connectivity index (χ1n) is 9.75. The second-order valence-corrected chi connectivity index (χ2v) is 9.37. The summed E-state index contributed by atoms with van der Waals surface area (Å²) in [7, 11) is 0. The predicted octanol–water partition coefficient (Wildman–Crippen LogP) is 4.47. The van der Waals surface area contributed by atoms with Crippen LogP contribution in [-0.4, -0.2) is 21.5 Å². The number of benzene rings is 1. The molecule has 2 aromatic rings. The van der Waals surface area contributed by atoms with Gasteiger partial charge in [-0.25, -0.2) is 4.98 Å². The standard InChI is InChI=1S/C22H25N3O2S/c1-4-10-28-21-24-19-18(20(27)25-21)16(13-8-6-5-7-9-13)17-14(23-19)11-22(2,3)12-15(17)26/h5-9,16H,4,10-12H2,1-3H3,(H2,23,24,25,27)/t16-/m0/s1. The Balaban J connectivity index is 1.90. The Hall–Kier alpha value is -2.34. The topological polar surface area (TPSA) is 74.8 Å². The maximum absolute atomic E-state index is 13.1. The highest BCUT2D eigenvalue weighted by Crippen LogP contribution is 2.47. The number of hydrogen-bond donors (Lipinski definition) is 2. The third-order valence-corrected chi connectivity index (χ3v) is 6.36. The molecule has 0 unspecified atom stereocenters. The van der Waals surface area contributed by atoms with E-state index >= 15 is 0 Å². The van der Waals surface area contributed by atoms with E-state index in [2.05, 4.69) is 31.1 Å². The first-order chi connectivity index (χ1) is 13.4. The number of ketones is 1. The first kappa shape index (κ1) is 19.0. The number of nitrogens with one attached hydrogen (secondary N) is 2. The number of carbonyl (C=O) groups excluding carboxylic acids is 1. The number of carbonyl (C=O) groups is 1. The first-order valence-corrected chi connectivity index (χ1v) is 10.7. The van der Waals surface area contributed by atoms with Crippen molar-refractivity contribution in [1.29, 1.82) is 0 Å². The van der Waals surface area contributed by atoms with Crippen LogP contribution in [0, 0.1) is 5.41 Å². The number of hydrogen-bond acceptors (Lipinski definition) is 5. The summed E-state index contributed by atoms with van der Waals surface area (Å²) in [6.07, 6.45) is 2.26. The van der Waals surface area contributed by atoms with E-state index in [0.29, 0.717) is 23.0 Å². The fourth-order valence-corrected chi connectivity index (χ4v) is 4.86. The van der Waals surface area contributed by atoms with Crippen LogP contribution in [0.25, 0.3) is 0 Å². The van der Waals surface area contributed by atoms with Crippen LogP contribution < -0.4 is 10.9 Å². The minimum atomic E-state index is -0.377. The molecule has 4 rings (SSSR count). The number of Topliss-reactive ketones (excluding diaryl/α,β-unsaturated/α-hetero) is 1. The van der Waals surface area contributed by atoms with E-state index in [0.717, 1.165) is 35.4 Å². The number of anilines is 1.